The number of allylic oxidation sites excluding steroid dienone is 6. The molecule has 0 unspecified atom stereocenters. The van der Waals surface area contributed by atoms with Gasteiger partial charge in [-0.15, -0.1) is 10.2 Å². The highest BCUT2D eigenvalue weighted by molar-refractivity contribution is 5.99. The van der Waals surface area contributed by atoms with Gasteiger partial charge in [0.25, 0.3) is 0 Å². The Bertz CT molecular complexity index is 436. The molecule has 0 fully saturated rings. The molecule has 1 heterocycles. The summed E-state index contributed by atoms with van der Waals surface area (Å²) in [6, 6.07) is 1.96. The van der Waals surface area contributed by atoms with Crippen LogP contribution in [0.5, 0.6) is 0 Å². The molecule has 0 spiro atoms. The molecule has 1 aliphatic rings. The Balaban J connectivity index is 3.03. The van der Waals surface area contributed by atoms with Gasteiger partial charge >= 0.3 is 0 Å². The van der Waals surface area contributed by atoms with Gasteiger partial charge in [0.15, 0.2) is 0 Å². The molecule has 1 rings (SSSR count). The highest BCUT2D eigenvalue weighted by atomic mass is 15.2. The van der Waals surface area contributed by atoms with Gasteiger partial charge in [0.2, 0.25) is 0 Å². The third-order valence-electron chi connectivity index (χ3n) is 1.55. The van der Waals surface area contributed by atoms with Crippen molar-refractivity contribution in [1.29, 1.82) is 5.26 Å². The maximum absolute atomic E-state index is 8.59. The lowest BCUT2D eigenvalue weighted by Gasteiger charge is -1.96. The number of hydrogen-bond acceptors (Lipinski definition) is 3. The quantitative estimate of drug-likeness (QED) is 0.488. The maximum Gasteiger partial charge on any atom is 0.0985 e. The van der Waals surface area contributed by atoms with Crippen LogP contribution in [0.3, 0.4) is 0 Å². The number of nitrogens with zero attached hydrogens (tertiary/aromatic N) is 3. The predicted molar refractivity (Wildman–Crippen MR) is 57.1 cm³/mol. The van der Waals surface area contributed by atoms with Crippen molar-refractivity contribution in [2.75, 3.05) is 0 Å². The van der Waals surface area contributed by atoms with Crippen molar-refractivity contribution in [3.05, 3.63) is 41.5 Å². The molecule has 3 heteroatoms. The summed E-state index contributed by atoms with van der Waals surface area (Å²) < 4.78 is 0. The van der Waals surface area contributed by atoms with Crippen molar-refractivity contribution in [3.8, 4) is 6.07 Å². The van der Waals surface area contributed by atoms with Crippen LogP contribution >= 0.6 is 0 Å². The second kappa shape index (κ2) is 4.76. The monoisotopic (exact) mass is 183 g/mol. The van der Waals surface area contributed by atoms with Crippen LogP contribution in [-0.4, -0.2) is 12.1 Å². The van der Waals surface area contributed by atoms with Crippen LogP contribution in [-0.2, 0) is 0 Å². The fraction of sp³-hybridized carbons (Fsp3) is 0.0909. The Morgan fingerprint density at radius 3 is 3.00 bits per heavy atom. The van der Waals surface area contributed by atoms with Gasteiger partial charge in [-0.25, -0.2) is 0 Å². The molecule has 14 heavy (non-hydrogen) atoms. The smallest absolute Gasteiger partial charge is 0.0985 e. The normalized spacial score (nSPS) is 14.6. The molecule has 0 saturated carbocycles. The van der Waals surface area contributed by atoms with Crippen LogP contribution in [0.25, 0.3) is 0 Å². The van der Waals surface area contributed by atoms with Crippen molar-refractivity contribution in [3.63, 3.8) is 0 Å². The van der Waals surface area contributed by atoms with Crippen LogP contribution < -0.4 is 0 Å². The number of hydrogen-bond donors (Lipinski definition) is 0. The first-order valence-electron chi connectivity index (χ1n) is 4.07. The minimum Gasteiger partial charge on any atom is -0.192 e. The summed E-state index contributed by atoms with van der Waals surface area (Å²) in [5, 5.41) is 15.9. The zero-order valence-electron chi connectivity index (χ0n) is 7.86. The molecular weight excluding hydrogens is 174 g/mol. The van der Waals surface area contributed by atoms with E-state index in [9.17, 15) is 0 Å². The number of nitriles is 1. The molecule has 68 valence electrons. The molecule has 3 nitrogen and oxygen atoms in total. The zero-order chi connectivity index (χ0) is 10.4. The second-order valence-corrected chi connectivity index (χ2v) is 2.61. The molecule has 0 aromatic carbocycles. The Morgan fingerprint density at radius 1 is 1.71 bits per heavy atom. The molecule has 0 aliphatic carbocycles. The van der Waals surface area contributed by atoms with E-state index in [1.54, 1.807) is 12.3 Å². The van der Waals surface area contributed by atoms with Crippen molar-refractivity contribution in [2.45, 2.75) is 6.92 Å². The van der Waals surface area contributed by atoms with Crippen molar-refractivity contribution in [1.82, 2.24) is 0 Å². The standard InChI is InChI=1S/C11H9N3/c1-3-4-10(5-9(2)6-12)11-7-13-14-8-11/h3-5,7H,2H2,1H3/b4-3-,10-5+. The fourth-order valence-electron chi connectivity index (χ4n) is 0.952. The van der Waals surface area contributed by atoms with Gasteiger partial charge in [-0.2, -0.15) is 5.26 Å². The number of rotatable bonds is 3. The fourth-order valence-corrected chi connectivity index (χ4v) is 0.952. The predicted octanol–water partition coefficient (Wildman–Crippen LogP) is 2.16. The molecular formula is C11H9N3. The van der Waals surface area contributed by atoms with Crippen LogP contribution in [0.15, 0.2) is 51.7 Å². The van der Waals surface area contributed by atoms with E-state index in [2.05, 4.69) is 22.7 Å². The molecule has 0 aromatic rings. The Hall–Kier alpha value is -2.17. The van der Waals surface area contributed by atoms with Crippen LogP contribution in [0.2, 0.25) is 0 Å². The van der Waals surface area contributed by atoms with E-state index < -0.39 is 0 Å². The topological polar surface area (TPSA) is 48.5 Å². The lowest BCUT2D eigenvalue weighted by molar-refractivity contribution is 1.29. The molecule has 1 aliphatic heterocycles. The van der Waals surface area contributed by atoms with E-state index in [0.717, 1.165) is 11.1 Å². The molecule has 0 saturated heterocycles. The van der Waals surface area contributed by atoms with Crippen molar-refractivity contribution >= 4 is 12.1 Å². The lowest BCUT2D eigenvalue weighted by atomic mass is 10.1. The minimum atomic E-state index is 0.396. The first kappa shape index (κ1) is 9.91. The van der Waals surface area contributed by atoms with E-state index in [-0.39, 0.29) is 0 Å². The molecule has 0 amide bonds. The molecule has 0 radical (unpaired) electrons. The first-order chi connectivity index (χ1) is 6.77. The average molecular weight is 183 g/mol. The summed E-state index contributed by atoms with van der Waals surface area (Å²) in [4.78, 5) is 0. The van der Waals surface area contributed by atoms with Gasteiger partial charge in [0.1, 0.15) is 0 Å². The second-order valence-electron chi connectivity index (χ2n) is 2.61. The summed E-state index contributed by atoms with van der Waals surface area (Å²) in [5.74, 6) is 2.72. The largest absolute Gasteiger partial charge is 0.192 e. The SMILES string of the molecule is C=C(C#N)/C=C(\C=C/C)C1=C=NN=C1. The van der Waals surface area contributed by atoms with Gasteiger partial charge in [-0.3, -0.25) is 0 Å². The van der Waals surface area contributed by atoms with E-state index >= 15 is 0 Å². The lowest BCUT2D eigenvalue weighted by Crippen LogP contribution is -1.87. The van der Waals surface area contributed by atoms with E-state index in [0.29, 0.717) is 5.57 Å². The summed E-state index contributed by atoms with van der Waals surface area (Å²) >= 11 is 0. The summed E-state index contributed by atoms with van der Waals surface area (Å²) in [6.45, 7) is 5.47. The third-order valence-corrected chi connectivity index (χ3v) is 1.55. The zero-order valence-corrected chi connectivity index (χ0v) is 7.86. The highest BCUT2D eigenvalue weighted by Gasteiger charge is 2.02. The van der Waals surface area contributed by atoms with E-state index in [1.807, 2.05) is 25.1 Å². The molecule has 0 bridgehead atoms. The van der Waals surface area contributed by atoms with E-state index in [4.69, 9.17) is 5.26 Å². The van der Waals surface area contributed by atoms with Gasteiger partial charge in [0.05, 0.1) is 17.9 Å². The molecule has 0 atom stereocenters. The highest BCUT2D eigenvalue weighted by Crippen LogP contribution is 2.11. The van der Waals surface area contributed by atoms with Gasteiger partial charge in [0, 0.05) is 11.4 Å². The Morgan fingerprint density at radius 2 is 2.50 bits per heavy atom. The first-order valence-corrected chi connectivity index (χ1v) is 4.07. The van der Waals surface area contributed by atoms with Crippen molar-refractivity contribution in [2.24, 2.45) is 10.2 Å². The van der Waals surface area contributed by atoms with Crippen LogP contribution in [0.4, 0.5) is 0 Å². The Kier molecular flexibility index (Phi) is 3.37. The summed E-state index contributed by atoms with van der Waals surface area (Å²) in [5.41, 5.74) is 2.00. The Labute approximate surface area is 82.8 Å². The summed E-state index contributed by atoms with van der Waals surface area (Å²) in [7, 11) is 0. The van der Waals surface area contributed by atoms with Crippen LogP contribution in [0, 0.1) is 11.3 Å². The van der Waals surface area contributed by atoms with Crippen molar-refractivity contribution < 1.29 is 0 Å². The van der Waals surface area contributed by atoms with Gasteiger partial charge < -0.3 is 0 Å². The maximum atomic E-state index is 8.59. The minimum absolute atomic E-state index is 0.396. The molecule has 0 aromatic heterocycles. The van der Waals surface area contributed by atoms with Gasteiger partial charge in [-0.1, -0.05) is 18.7 Å². The van der Waals surface area contributed by atoms with Gasteiger partial charge in [-0.05, 0) is 18.6 Å². The summed E-state index contributed by atoms with van der Waals surface area (Å²) in [6.07, 6.45) is 7.00. The van der Waals surface area contributed by atoms with Crippen LogP contribution in [0.1, 0.15) is 6.92 Å². The van der Waals surface area contributed by atoms with E-state index in [1.165, 1.54) is 0 Å². The molecule has 0 N–H and O–H groups in total. The third kappa shape index (κ3) is 2.41. The average Bonchev–Trinajstić information content (AvgIpc) is 2.69.